The van der Waals surface area contributed by atoms with E-state index in [1.165, 1.54) is 12.1 Å². The van der Waals surface area contributed by atoms with Crippen molar-refractivity contribution >= 4 is 29.2 Å². The minimum Gasteiger partial charge on any atom is -0.369 e. The van der Waals surface area contributed by atoms with E-state index in [9.17, 15) is 14.0 Å². The Morgan fingerprint density at radius 1 is 0.979 bits per heavy atom. The topological polar surface area (TPSA) is 116 Å². The molecule has 0 saturated carbocycles. The number of aryl methyl sites for hydroxylation is 1. The highest BCUT2D eigenvalue weighted by Crippen LogP contribution is 2.51. The smallest absolute Gasteiger partial charge is 0.258 e. The van der Waals surface area contributed by atoms with E-state index in [0.717, 1.165) is 16.8 Å². The van der Waals surface area contributed by atoms with E-state index >= 15 is 0 Å². The summed E-state index contributed by atoms with van der Waals surface area (Å²) in [5, 5.41) is 3.15. The van der Waals surface area contributed by atoms with Crippen molar-refractivity contribution in [2.45, 2.75) is 51.5 Å². The second-order valence-electron chi connectivity index (χ2n) is 12.8. The zero-order chi connectivity index (χ0) is 33.3. The van der Waals surface area contributed by atoms with E-state index in [1.54, 1.807) is 19.1 Å². The molecule has 1 amide bonds. The Balaban J connectivity index is 1.35. The summed E-state index contributed by atoms with van der Waals surface area (Å²) in [7, 11) is 0. The van der Waals surface area contributed by atoms with Crippen LogP contribution in [0.5, 0.6) is 0 Å². The van der Waals surface area contributed by atoms with E-state index in [4.69, 9.17) is 5.73 Å². The van der Waals surface area contributed by atoms with Gasteiger partial charge in [0.15, 0.2) is 0 Å². The number of nitrogens with one attached hydrogen (secondary N) is 2. The normalized spacial score (nSPS) is 17.2. The van der Waals surface area contributed by atoms with Gasteiger partial charge in [-0.2, -0.15) is 4.99 Å². The second-order valence-corrected chi connectivity index (χ2v) is 12.8. The molecule has 1 aliphatic heterocycles. The highest BCUT2D eigenvalue weighted by atomic mass is 19.1. The van der Waals surface area contributed by atoms with Crippen LogP contribution in [0.25, 0.3) is 0 Å². The minimum atomic E-state index is -0.504. The van der Waals surface area contributed by atoms with Crippen LogP contribution in [0, 0.1) is 12.7 Å². The second kappa shape index (κ2) is 12.3. The number of hydrogen-bond acceptors (Lipinski definition) is 4. The molecule has 0 aliphatic carbocycles. The summed E-state index contributed by atoms with van der Waals surface area (Å²) in [5.41, 5.74) is 10.8. The number of guanidine groups is 1. The third-order valence-corrected chi connectivity index (χ3v) is 8.84. The van der Waals surface area contributed by atoms with E-state index in [0.29, 0.717) is 34.5 Å². The fourth-order valence-electron chi connectivity index (χ4n) is 6.77. The number of halogens is 1. The van der Waals surface area contributed by atoms with Crippen LogP contribution >= 0.6 is 0 Å². The molecule has 1 unspecified atom stereocenters. The molecule has 2 heterocycles. The highest BCUT2D eigenvalue weighted by Gasteiger charge is 2.48. The number of anilines is 2. The maximum absolute atomic E-state index is 14.0. The van der Waals surface area contributed by atoms with Crippen LogP contribution in [-0.2, 0) is 11.8 Å². The Morgan fingerprint density at radius 2 is 1.68 bits per heavy atom. The van der Waals surface area contributed by atoms with Gasteiger partial charge >= 0.3 is 0 Å². The van der Waals surface area contributed by atoms with E-state index in [2.05, 4.69) is 53.2 Å². The summed E-state index contributed by atoms with van der Waals surface area (Å²) >= 11 is 0. The number of nitrogens with zero attached hydrogens (tertiary/aromatic N) is 3. The lowest BCUT2D eigenvalue weighted by atomic mass is 9.65. The molecule has 0 bridgehead atoms. The molecule has 0 radical (unpaired) electrons. The van der Waals surface area contributed by atoms with Crippen molar-refractivity contribution in [2.75, 3.05) is 10.2 Å². The zero-order valence-corrected chi connectivity index (χ0v) is 26.8. The molecule has 47 heavy (non-hydrogen) atoms. The highest BCUT2D eigenvalue weighted by molar-refractivity contribution is 6.08. The average Bonchev–Trinajstić information content (AvgIpc) is 3.03. The molecule has 0 spiro atoms. The largest absolute Gasteiger partial charge is 0.369 e. The van der Waals surface area contributed by atoms with Gasteiger partial charge in [0.25, 0.3) is 11.5 Å². The Bertz CT molecular complexity index is 2040. The van der Waals surface area contributed by atoms with Crippen molar-refractivity contribution in [3.05, 3.63) is 153 Å². The van der Waals surface area contributed by atoms with Gasteiger partial charge in [-0.1, -0.05) is 67.6 Å². The van der Waals surface area contributed by atoms with Gasteiger partial charge in [-0.15, -0.1) is 0 Å². The lowest BCUT2D eigenvalue weighted by Gasteiger charge is -2.51. The average molecular weight is 629 g/mol. The number of aromatic amines is 1. The number of fused-ring (bicyclic) bond motifs is 1. The van der Waals surface area contributed by atoms with E-state index in [-0.39, 0.29) is 35.6 Å². The fraction of sp³-hybridized carbons (Fsp3) is 0.211. The number of H-pyrrole nitrogens is 1. The maximum atomic E-state index is 14.0. The zero-order valence-electron chi connectivity index (χ0n) is 26.8. The van der Waals surface area contributed by atoms with Crippen LogP contribution < -0.4 is 21.5 Å². The quantitative estimate of drug-likeness (QED) is 0.138. The molecule has 4 aromatic carbocycles. The van der Waals surface area contributed by atoms with E-state index in [1.807, 2.05) is 71.6 Å². The van der Waals surface area contributed by atoms with Gasteiger partial charge in [-0.3, -0.25) is 14.6 Å². The summed E-state index contributed by atoms with van der Waals surface area (Å²) in [4.78, 5) is 40.3. The Labute approximate surface area is 273 Å². The standard InChI is InChI=1S/C38H37FN6O2/c1-24-30(21-25-12-11-17-28(39)20-25)33(46)43-36(41-24)44-35(40)42-29-18-19-32-31(22-29)38(4,27-15-9-6-10-16-27)23-37(2,3)45(32)34(47)26-13-7-5-8-14-26/h5-20,22H,21,23H2,1-4H3,(H4,40,41,42,43,44,46). The molecule has 0 fully saturated rings. The van der Waals surface area contributed by atoms with Crippen LogP contribution in [0.15, 0.2) is 113 Å². The number of rotatable bonds is 6. The summed E-state index contributed by atoms with van der Waals surface area (Å²) < 4.78 is 13.7. The van der Waals surface area contributed by atoms with Crippen molar-refractivity contribution in [1.29, 1.82) is 0 Å². The maximum Gasteiger partial charge on any atom is 0.258 e. The molecule has 5 aromatic rings. The summed E-state index contributed by atoms with van der Waals surface area (Å²) in [6.07, 6.45) is 0.911. The molecule has 8 nitrogen and oxygen atoms in total. The number of amides is 1. The van der Waals surface area contributed by atoms with Gasteiger partial charge < -0.3 is 16.0 Å². The number of benzene rings is 4. The Morgan fingerprint density at radius 3 is 2.36 bits per heavy atom. The molecule has 6 rings (SSSR count). The van der Waals surface area contributed by atoms with Crippen molar-refractivity contribution < 1.29 is 9.18 Å². The fourth-order valence-corrected chi connectivity index (χ4v) is 6.77. The Hall–Kier alpha value is -5.57. The summed E-state index contributed by atoms with van der Waals surface area (Å²) in [6.45, 7) is 8.13. The first-order valence-corrected chi connectivity index (χ1v) is 15.5. The molecular formula is C38H37FN6O2. The lowest BCUT2D eigenvalue weighted by Crippen LogP contribution is -2.55. The first kappa shape index (κ1) is 31.4. The summed E-state index contributed by atoms with van der Waals surface area (Å²) in [5.74, 6) is -0.357. The van der Waals surface area contributed by atoms with Crippen molar-refractivity contribution in [3.8, 4) is 0 Å². The first-order chi connectivity index (χ1) is 22.4. The monoisotopic (exact) mass is 628 g/mol. The predicted molar refractivity (Wildman–Crippen MR) is 185 cm³/mol. The van der Waals surface area contributed by atoms with Crippen molar-refractivity contribution in [1.82, 2.24) is 9.97 Å². The lowest BCUT2D eigenvalue weighted by molar-refractivity contribution is 0.0948. The third-order valence-electron chi connectivity index (χ3n) is 8.84. The van der Waals surface area contributed by atoms with E-state index < -0.39 is 11.0 Å². The van der Waals surface area contributed by atoms with Crippen molar-refractivity contribution in [3.63, 3.8) is 0 Å². The van der Waals surface area contributed by atoms with Gasteiger partial charge in [-0.25, -0.2) is 9.37 Å². The van der Waals surface area contributed by atoms with Gasteiger partial charge in [-0.05, 0) is 86.3 Å². The molecule has 1 aromatic heterocycles. The number of carbonyl (C=O) groups is 1. The molecule has 4 N–H and O–H groups in total. The number of aromatic nitrogens is 2. The molecule has 238 valence electrons. The van der Waals surface area contributed by atoms with Crippen LogP contribution in [-0.4, -0.2) is 27.4 Å². The van der Waals surface area contributed by atoms with Gasteiger partial charge in [0.2, 0.25) is 11.9 Å². The van der Waals surface area contributed by atoms with Gasteiger partial charge in [0.05, 0.1) is 5.69 Å². The number of hydrogen-bond donors (Lipinski definition) is 3. The Kier molecular flexibility index (Phi) is 8.23. The SMILES string of the molecule is Cc1nc(/N=C(\N)Nc2ccc3c(c2)C(C)(c2ccccc2)CC(C)(C)N3C(=O)c2ccccc2)[nH]c(=O)c1Cc1cccc(F)c1. The minimum absolute atomic E-state index is 0.0279. The summed E-state index contributed by atoms with van der Waals surface area (Å²) in [6, 6.07) is 31.5. The first-order valence-electron chi connectivity index (χ1n) is 15.5. The molecule has 1 aliphatic rings. The van der Waals surface area contributed by atoms with Crippen LogP contribution in [0.2, 0.25) is 0 Å². The van der Waals surface area contributed by atoms with Crippen LogP contribution in [0.1, 0.15) is 65.5 Å². The third kappa shape index (κ3) is 6.29. The number of carbonyl (C=O) groups excluding carboxylic acids is 1. The van der Waals surface area contributed by atoms with Crippen molar-refractivity contribution in [2.24, 2.45) is 10.7 Å². The molecule has 1 atom stereocenters. The van der Waals surface area contributed by atoms with Crippen LogP contribution in [0.4, 0.5) is 21.7 Å². The predicted octanol–water partition coefficient (Wildman–Crippen LogP) is 7.00. The van der Waals surface area contributed by atoms with Gasteiger partial charge in [0.1, 0.15) is 5.82 Å². The van der Waals surface area contributed by atoms with Gasteiger partial charge in [0, 0.05) is 39.9 Å². The molecule has 9 heteroatoms. The number of aliphatic imine (C=N–C) groups is 1. The number of nitrogens with two attached hydrogens (primary N) is 1. The molecular weight excluding hydrogens is 591 g/mol. The molecule has 0 saturated heterocycles. The van der Waals surface area contributed by atoms with Crippen LogP contribution in [0.3, 0.4) is 0 Å².